The Labute approximate surface area is 165 Å². The van der Waals surface area contributed by atoms with Gasteiger partial charge in [0.2, 0.25) is 0 Å². The molecular weight excluding hydrogens is 388 g/mol. The number of alkyl halides is 2. The Bertz CT molecular complexity index is 862. The molecule has 0 radical (unpaired) electrons. The fourth-order valence-electron chi connectivity index (χ4n) is 3.11. The number of thiophene rings is 1. The van der Waals surface area contributed by atoms with Crippen LogP contribution in [0.1, 0.15) is 57.8 Å². The van der Waals surface area contributed by atoms with Gasteiger partial charge in [-0.2, -0.15) is 8.78 Å². The minimum Gasteiger partial charge on any atom is -0.459 e. The number of hydrogen-bond donors (Lipinski definition) is 1. The van der Waals surface area contributed by atoms with Crippen molar-refractivity contribution in [2.45, 2.75) is 52.2 Å². The van der Waals surface area contributed by atoms with Gasteiger partial charge in [-0.15, -0.1) is 11.3 Å². The molecule has 1 amide bonds. The standard InChI is InChI=1S/C20H21F2NO4S/c1-11(2)26-19(25)16-14-5-3-4-6-15(14)28-18(16)23-17(24)12-7-9-13(10-8-12)27-20(21)22/h7-11,20H,3-6H2,1-2H3,(H,23,24). The average Bonchev–Trinajstić information content (AvgIpc) is 2.99. The van der Waals surface area contributed by atoms with Gasteiger partial charge < -0.3 is 14.8 Å². The molecule has 3 rings (SSSR count). The SMILES string of the molecule is CC(C)OC(=O)c1c(NC(=O)c2ccc(OC(F)F)cc2)sc2c1CCCC2. The van der Waals surface area contributed by atoms with Gasteiger partial charge in [0.15, 0.2) is 0 Å². The van der Waals surface area contributed by atoms with Crippen LogP contribution in [0.4, 0.5) is 13.8 Å². The summed E-state index contributed by atoms with van der Waals surface area (Å²) in [5, 5.41) is 3.26. The highest BCUT2D eigenvalue weighted by atomic mass is 32.1. The number of esters is 1. The molecule has 1 aliphatic rings. The van der Waals surface area contributed by atoms with Crippen molar-refractivity contribution in [3.05, 3.63) is 45.8 Å². The van der Waals surface area contributed by atoms with Crippen molar-refractivity contribution < 1.29 is 27.8 Å². The maximum atomic E-state index is 12.6. The molecule has 0 spiro atoms. The highest BCUT2D eigenvalue weighted by molar-refractivity contribution is 7.17. The minimum absolute atomic E-state index is 0.0284. The first-order valence-corrected chi connectivity index (χ1v) is 9.88. The first kappa shape index (κ1) is 20.3. The molecule has 0 bridgehead atoms. The van der Waals surface area contributed by atoms with E-state index in [-0.39, 0.29) is 17.4 Å². The monoisotopic (exact) mass is 409 g/mol. The van der Waals surface area contributed by atoms with Crippen LogP contribution in [0.25, 0.3) is 0 Å². The summed E-state index contributed by atoms with van der Waals surface area (Å²) in [5.74, 6) is -0.898. The van der Waals surface area contributed by atoms with Gasteiger partial charge in [-0.05, 0) is 69.4 Å². The number of aryl methyl sites for hydroxylation is 1. The van der Waals surface area contributed by atoms with Crippen LogP contribution >= 0.6 is 11.3 Å². The van der Waals surface area contributed by atoms with Crippen molar-refractivity contribution in [2.75, 3.05) is 5.32 Å². The number of hydrogen-bond acceptors (Lipinski definition) is 5. The molecule has 1 heterocycles. The molecular formula is C20H21F2NO4S. The lowest BCUT2D eigenvalue weighted by atomic mass is 9.95. The van der Waals surface area contributed by atoms with Crippen LogP contribution in [0.15, 0.2) is 24.3 Å². The molecule has 5 nitrogen and oxygen atoms in total. The van der Waals surface area contributed by atoms with Crippen molar-refractivity contribution in [1.29, 1.82) is 0 Å². The molecule has 8 heteroatoms. The van der Waals surface area contributed by atoms with Gasteiger partial charge >= 0.3 is 12.6 Å². The van der Waals surface area contributed by atoms with E-state index in [2.05, 4.69) is 10.1 Å². The van der Waals surface area contributed by atoms with Crippen molar-refractivity contribution in [1.82, 2.24) is 0 Å². The Morgan fingerprint density at radius 2 is 1.79 bits per heavy atom. The number of carbonyl (C=O) groups excluding carboxylic acids is 2. The molecule has 150 valence electrons. The first-order valence-electron chi connectivity index (χ1n) is 9.07. The van der Waals surface area contributed by atoms with Crippen LogP contribution in [0.5, 0.6) is 5.75 Å². The van der Waals surface area contributed by atoms with E-state index in [0.29, 0.717) is 10.6 Å². The summed E-state index contributed by atoms with van der Waals surface area (Å²) < 4.78 is 34.1. The molecule has 0 aliphatic heterocycles. The number of benzene rings is 1. The van der Waals surface area contributed by atoms with Gasteiger partial charge in [0.05, 0.1) is 11.7 Å². The topological polar surface area (TPSA) is 64.6 Å². The second kappa shape index (κ2) is 8.68. The number of anilines is 1. The predicted molar refractivity (Wildman–Crippen MR) is 103 cm³/mol. The zero-order chi connectivity index (χ0) is 20.3. The number of rotatable bonds is 6. The smallest absolute Gasteiger partial charge is 0.387 e. The number of carbonyl (C=O) groups is 2. The van der Waals surface area contributed by atoms with Crippen LogP contribution in [0, 0.1) is 0 Å². The van der Waals surface area contributed by atoms with E-state index in [1.165, 1.54) is 35.6 Å². The molecule has 1 N–H and O–H groups in total. The number of amides is 1. The molecule has 1 aromatic heterocycles. The van der Waals surface area contributed by atoms with Gasteiger partial charge in [-0.25, -0.2) is 4.79 Å². The molecule has 1 aliphatic carbocycles. The summed E-state index contributed by atoms with van der Waals surface area (Å²) in [7, 11) is 0. The Hall–Kier alpha value is -2.48. The summed E-state index contributed by atoms with van der Waals surface area (Å²) in [6, 6.07) is 5.39. The fraction of sp³-hybridized carbons (Fsp3) is 0.400. The van der Waals surface area contributed by atoms with Crippen LogP contribution in [-0.2, 0) is 17.6 Å². The van der Waals surface area contributed by atoms with Crippen molar-refractivity contribution in [2.24, 2.45) is 0 Å². The fourth-order valence-corrected chi connectivity index (χ4v) is 4.38. The molecule has 2 aromatic rings. The van der Waals surface area contributed by atoms with E-state index in [9.17, 15) is 18.4 Å². The van der Waals surface area contributed by atoms with Gasteiger partial charge in [-0.3, -0.25) is 4.79 Å². The normalized spacial score (nSPS) is 13.4. The average molecular weight is 409 g/mol. The Balaban J connectivity index is 1.84. The lowest BCUT2D eigenvalue weighted by Crippen LogP contribution is -2.18. The van der Waals surface area contributed by atoms with Gasteiger partial charge in [-0.1, -0.05) is 0 Å². The van der Waals surface area contributed by atoms with E-state index < -0.39 is 18.5 Å². The van der Waals surface area contributed by atoms with Gasteiger partial charge in [0, 0.05) is 10.4 Å². The van der Waals surface area contributed by atoms with E-state index in [4.69, 9.17) is 4.74 Å². The lowest BCUT2D eigenvalue weighted by molar-refractivity contribution is -0.0498. The Kier molecular flexibility index (Phi) is 6.28. The number of halogens is 2. The zero-order valence-electron chi connectivity index (χ0n) is 15.6. The van der Waals surface area contributed by atoms with Crippen molar-refractivity contribution >= 4 is 28.2 Å². The summed E-state index contributed by atoms with van der Waals surface area (Å²) in [6.45, 7) is 0.627. The second-order valence-electron chi connectivity index (χ2n) is 6.73. The molecule has 0 fully saturated rings. The highest BCUT2D eigenvalue weighted by Crippen LogP contribution is 2.39. The highest BCUT2D eigenvalue weighted by Gasteiger charge is 2.28. The van der Waals surface area contributed by atoms with Crippen molar-refractivity contribution in [3.8, 4) is 5.75 Å². The third-order valence-corrected chi connectivity index (χ3v) is 5.49. The maximum Gasteiger partial charge on any atom is 0.387 e. The summed E-state index contributed by atoms with van der Waals surface area (Å²) in [5.41, 5.74) is 1.66. The van der Waals surface area contributed by atoms with Crippen LogP contribution in [0.3, 0.4) is 0 Å². The molecule has 1 aromatic carbocycles. The molecule has 0 unspecified atom stereocenters. The largest absolute Gasteiger partial charge is 0.459 e. The number of fused-ring (bicyclic) bond motifs is 1. The zero-order valence-corrected chi connectivity index (χ0v) is 16.4. The lowest BCUT2D eigenvalue weighted by Gasteiger charge is -2.14. The molecule has 0 saturated carbocycles. The number of ether oxygens (including phenoxy) is 2. The van der Waals surface area contributed by atoms with Crippen LogP contribution in [-0.4, -0.2) is 24.6 Å². The van der Waals surface area contributed by atoms with E-state index in [1.807, 2.05) is 0 Å². The molecule has 0 atom stereocenters. The Morgan fingerprint density at radius 3 is 2.43 bits per heavy atom. The predicted octanol–water partition coefficient (Wildman–Crippen LogP) is 5.05. The third kappa shape index (κ3) is 4.67. The van der Waals surface area contributed by atoms with Crippen LogP contribution < -0.4 is 10.1 Å². The van der Waals surface area contributed by atoms with Gasteiger partial charge in [0.1, 0.15) is 10.8 Å². The molecule has 28 heavy (non-hydrogen) atoms. The summed E-state index contributed by atoms with van der Waals surface area (Å²) in [6.07, 6.45) is 3.43. The Morgan fingerprint density at radius 1 is 1.11 bits per heavy atom. The first-order chi connectivity index (χ1) is 13.3. The van der Waals surface area contributed by atoms with Gasteiger partial charge in [0.25, 0.3) is 5.91 Å². The van der Waals surface area contributed by atoms with E-state index in [0.717, 1.165) is 36.1 Å². The summed E-state index contributed by atoms with van der Waals surface area (Å²) >= 11 is 1.40. The maximum absolute atomic E-state index is 12.6. The van der Waals surface area contributed by atoms with E-state index >= 15 is 0 Å². The van der Waals surface area contributed by atoms with Crippen LogP contribution in [0.2, 0.25) is 0 Å². The van der Waals surface area contributed by atoms with E-state index in [1.54, 1.807) is 13.8 Å². The quantitative estimate of drug-likeness (QED) is 0.679. The third-order valence-electron chi connectivity index (χ3n) is 4.29. The second-order valence-corrected chi connectivity index (χ2v) is 7.83. The molecule has 0 saturated heterocycles. The summed E-state index contributed by atoms with van der Waals surface area (Å²) in [4.78, 5) is 26.3. The van der Waals surface area contributed by atoms with Crippen molar-refractivity contribution in [3.63, 3.8) is 0 Å². The minimum atomic E-state index is -2.92. The number of nitrogens with one attached hydrogen (secondary N) is 1.